The maximum Gasteiger partial charge on any atom is 0.286 e. The number of rotatable bonds is 2. The molecular formula is C13H15NO3. The molecule has 2 rings (SSSR count). The summed E-state index contributed by atoms with van der Waals surface area (Å²) in [4.78, 5) is 11.4. The third-order valence-electron chi connectivity index (χ3n) is 2.74. The van der Waals surface area contributed by atoms with Gasteiger partial charge in [-0.25, -0.2) is 0 Å². The number of furan rings is 1. The van der Waals surface area contributed by atoms with Crippen molar-refractivity contribution in [2.75, 3.05) is 7.05 Å². The summed E-state index contributed by atoms with van der Waals surface area (Å²) in [5, 5.41) is 13.1. The molecule has 0 aliphatic carbocycles. The summed E-state index contributed by atoms with van der Waals surface area (Å²) in [6.45, 7) is 3.98. The van der Waals surface area contributed by atoms with Crippen LogP contribution in [-0.2, 0) is 0 Å². The first-order valence-corrected chi connectivity index (χ1v) is 5.51. The van der Waals surface area contributed by atoms with Crippen molar-refractivity contribution in [1.82, 2.24) is 5.32 Å². The Morgan fingerprint density at radius 1 is 1.35 bits per heavy atom. The minimum atomic E-state index is -0.271. The van der Waals surface area contributed by atoms with Crippen LogP contribution >= 0.6 is 0 Å². The number of amides is 1. The SMILES string of the molecule is CNC(=O)c1cc2cc(O)c(C(C)C)cc2o1. The molecule has 0 atom stereocenters. The molecule has 0 radical (unpaired) electrons. The lowest BCUT2D eigenvalue weighted by Crippen LogP contribution is -2.16. The Labute approximate surface area is 99.2 Å². The molecule has 1 aromatic heterocycles. The maximum absolute atomic E-state index is 11.4. The lowest BCUT2D eigenvalue weighted by atomic mass is 10.0. The van der Waals surface area contributed by atoms with Crippen LogP contribution in [-0.4, -0.2) is 18.1 Å². The molecule has 0 saturated carbocycles. The van der Waals surface area contributed by atoms with Crippen LogP contribution in [0.25, 0.3) is 11.0 Å². The van der Waals surface area contributed by atoms with Gasteiger partial charge in [-0.05, 0) is 24.1 Å². The van der Waals surface area contributed by atoms with E-state index in [0.717, 1.165) is 10.9 Å². The molecule has 0 saturated heterocycles. The van der Waals surface area contributed by atoms with Crippen LogP contribution in [0.4, 0.5) is 0 Å². The first-order chi connectivity index (χ1) is 8.02. The standard InChI is InChI=1S/C13H15NO3/c1-7(2)9-6-11-8(4-10(9)15)5-12(17-11)13(16)14-3/h4-7,15H,1-3H3,(H,14,16). The highest BCUT2D eigenvalue weighted by atomic mass is 16.3. The third-order valence-corrected chi connectivity index (χ3v) is 2.74. The summed E-state index contributed by atoms with van der Waals surface area (Å²) < 4.78 is 5.44. The molecule has 0 fully saturated rings. The number of carbonyl (C=O) groups is 1. The summed E-state index contributed by atoms with van der Waals surface area (Å²) >= 11 is 0. The predicted molar refractivity (Wildman–Crippen MR) is 65.4 cm³/mol. The second-order valence-electron chi connectivity index (χ2n) is 4.29. The van der Waals surface area contributed by atoms with Crippen molar-refractivity contribution in [3.63, 3.8) is 0 Å². The van der Waals surface area contributed by atoms with Crippen LogP contribution in [0.1, 0.15) is 35.9 Å². The average molecular weight is 233 g/mol. The van der Waals surface area contributed by atoms with Crippen molar-refractivity contribution in [3.8, 4) is 5.75 Å². The Kier molecular flexibility index (Phi) is 2.79. The first-order valence-electron chi connectivity index (χ1n) is 5.51. The van der Waals surface area contributed by atoms with Gasteiger partial charge in [-0.1, -0.05) is 13.8 Å². The van der Waals surface area contributed by atoms with Gasteiger partial charge < -0.3 is 14.8 Å². The fraction of sp³-hybridized carbons (Fsp3) is 0.308. The van der Waals surface area contributed by atoms with Crippen molar-refractivity contribution < 1.29 is 14.3 Å². The Bertz CT molecular complexity index is 569. The quantitative estimate of drug-likeness (QED) is 0.838. The lowest BCUT2D eigenvalue weighted by Gasteiger charge is -2.07. The van der Waals surface area contributed by atoms with Gasteiger partial charge >= 0.3 is 0 Å². The van der Waals surface area contributed by atoms with Crippen molar-refractivity contribution in [2.24, 2.45) is 0 Å². The minimum absolute atomic E-state index is 0.202. The van der Waals surface area contributed by atoms with Gasteiger partial charge in [-0.15, -0.1) is 0 Å². The summed E-state index contributed by atoms with van der Waals surface area (Å²) in [6, 6.07) is 5.03. The van der Waals surface area contributed by atoms with Crippen LogP contribution in [0.15, 0.2) is 22.6 Å². The van der Waals surface area contributed by atoms with Gasteiger partial charge in [0.2, 0.25) is 0 Å². The number of phenols is 1. The zero-order valence-electron chi connectivity index (χ0n) is 10.1. The zero-order valence-corrected chi connectivity index (χ0v) is 10.1. The molecule has 0 aliphatic heterocycles. The predicted octanol–water partition coefficient (Wildman–Crippen LogP) is 2.62. The number of nitrogens with one attached hydrogen (secondary N) is 1. The normalized spacial score (nSPS) is 11.1. The summed E-state index contributed by atoms with van der Waals surface area (Å²) in [7, 11) is 1.55. The van der Waals surface area contributed by atoms with Crippen LogP contribution in [0.2, 0.25) is 0 Å². The van der Waals surface area contributed by atoms with E-state index < -0.39 is 0 Å². The Hall–Kier alpha value is -1.97. The van der Waals surface area contributed by atoms with E-state index in [1.807, 2.05) is 13.8 Å². The van der Waals surface area contributed by atoms with Gasteiger partial charge in [0, 0.05) is 18.0 Å². The Balaban J connectivity index is 2.58. The van der Waals surface area contributed by atoms with Gasteiger partial charge in [0.1, 0.15) is 11.3 Å². The highest BCUT2D eigenvalue weighted by molar-refractivity contribution is 5.96. The lowest BCUT2D eigenvalue weighted by molar-refractivity contribution is 0.0938. The van der Waals surface area contributed by atoms with Crippen molar-refractivity contribution in [2.45, 2.75) is 19.8 Å². The molecule has 2 N–H and O–H groups in total. The van der Waals surface area contributed by atoms with Gasteiger partial charge in [-0.2, -0.15) is 0 Å². The maximum atomic E-state index is 11.4. The third kappa shape index (κ3) is 1.98. The molecule has 0 unspecified atom stereocenters. The molecule has 2 aromatic rings. The van der Waals surface area contributed by atoms with Gasteiger partial charge in [0.05, 0.1) is 0 Å². The van der Waals surface area contributed by atoms with Crippen LogP contribution < -0.4 is 5.32 Å². The molecule has 0 aliphatic rings. The van der Waals surface area contributed by atoms with E-state index in [-0.39, 0.29) is 23.3 Å². The summed E-state index contributed by atoms with van der Waals surface area (Å²) in [6.07, 6.45) is 0. The molecule has 4 nitrogen and oxygen atoms in total. The van der Waals surface area contributed by atoms with Crippen LogP contribution in [0.3, 0.4) is 0 Å². The molecule has 90 valence electrons. The highest BCUT2D eigenvalue weighted by Gasteiger charge is 2.14. The fourth-order valence-corrected chi connectivity index (χ4v) is 1.79. The first kappa shape index (κ1) is 11.5. The number of hydrogen-bond donors (Lipinski definition) is 2. The number of hydrogen-bond acceptors (Lipinski definition) is 3. The Morgan fingerprint density at radius 3 is 2.65 bits per heavy atom. The smallest absolute Gasteiger partial charge is 0.286 e. The van der Waals surface area contributed by atoms with Crippen molar-refractivity contribution >= 4 is 16.9 Å². The van der Waals surface area contributed by atoms with Crippen molar-refractivity contribution in [1.29, 1.82) is 0 Å². The molecule has 0 spiro atoms. The molecule has 0 bridgehead atoms. The van der Waals surface area contributed by atoms with E-state index in [9.17, 15) is 9.90 Å². The van der Waals surface area contributed by atoms with E-state index in [0.29, 0.717) is 5.58 Å². The number of fused-ring (bicyclic) bond motifs is 1. The summed E-state index contributed by atoms with van der Waals surface area (Å²) in [5.41, 5.74) is 1.43. The minimum Gasteiger partial charge on any atom is -0.508 e. The van der Waals surface area contributed by atoms with E-state index in [1.165, 1.54) is 0 Å². The Morgan fingerprint density at radius 2 is 2.06 bits per heavy atom. The van der Waals surface area contributed by atoms with E-state index in [2.05, 4.69) is 5.32 Å². The number of aromatic hydroxyl groups is 1. The average Bonchev–Trinajstić information content (AvgIpc) is 2.69. The van der Waals surface area contributed by atoms with Gasteiger partial charge in [-0.3, -0.25) is 4.79 Å². The molecule has 4 heteroatoms. The topological polar surface area (TPSA) is 62.5 Å². The van der Waals surface area contributed by atoms with Gasteiger partial charge in [0.15, 0.2) is 5.76 Å². The summed E-state index contributed by atoms with van der Waals surface area (Å²) in [5.74, 6) is 0.416. The second kappa shape index (κ2) is 4.13. The van der Waals surface area contributed by atoms with Crippen molar-refractivity contribution in [3.05, 3.63) is 29.5 Å². The zero-order chi connectivity index (χ0) is 12.6. The van der Waals surface area contributed by atoms with Crippen LogP contribution in [0.5, 0.6) is 5.75 Å². The molecular weight excluding hydrogens is 218 g/mol. The molecule has 1 aromatic carbocycles. The number of phenolic OH excluding ortho intramolecular Hbond substituents is 1. The van der Waals surface area contributed by atoms with Gasteiger partial charge in [0.25, 0.3) is 5.91 Å². The second-order valence-corrected chi connectivity index (χ2v) is 4.29. The highest BCUT2D eigenvalue weighted by Crippen LogP contribution is 2.31. The van der Waals surface area contributed by atoms with E-state index in [4.69, 9.17) is 4.42 Å². The fourth-order valence-electron chi connectivity index (χ4n) is 1.79. The largest absolute Gasteiger partial charge is 0.508 e. The molecule has 17 heavy (non-hydrogen) atoms. The number of benzene rings is 1. The van der Waals surface area contributed by atoms with E-state index >= 15 is 0 Å². The monoisotopic (exact) mass is 233 g/mol. The number of carbonyl (C=O) groups excluding carboxylic acids is 1. The van der Waals surface area contributed by atoms with Crippen LogP contribution in [0, 0.1) is 0 Å². The molecule has 1 amide bonds. The molecule has 1 heterocycles. The van der Waals surface area contributed by atoms with E-state index in [1.54, 1.807) is 25.2 Å².